The highest BCUT2D eigenvalue weighted by molar-refractivity contribution is 6.03. The van der Waals surface area contributed by atoms with Gasteiger partial charge in [-0.1, -0.05) is 5.16 Å². The molecule has 4 rings (SSSR count). The van der Waals surface area contributed by atoms with E-state index in [1.165, 1.54) is 0 Å². The van der Waals surface area contributed by atoms with Gasteiger partial charge in [-0.2, -0.15) is 0 Å². The number of oxime groups is 1. The van der Waals surface area contributed by atoms with Crippen LogP contribution in [0, 0.1) is 17.8 Å². The number of anilines is 1. The molecule has 1 saturated carbocycles. The molecule has 1 N–H and O–H groups in total. The van der Waals surface area contributed by atoms with Gasteiger partial charge in [-0.15, -0.1) is 0 Å². The average Bonchev–Trinajstić information content (AvgIpc) is 2.84. The monoisotopic (exact) mass is 287 g/mol. The van der Waals surface area contributed by atoms with Gasteiger partial charge in [0.05, 0.1) is 7.11 Å². The van der Waals surface area contributed by atoms with E-state index in [2.05, 4.69) is 41.4 Å². The first-order chi connectivity index (χ1) is 10.1. The summed E-state index contributed by atoms with van der Waals surface area (Å²) in [4.78, 5) is 7.94. The van der Waals surface area contributed by atoms with Crippen LogP contribution in [0.2, 0.25) is 0 Å². The van der Waals surface area contributed by atoms with Gasteiger partial charge < -0.3 is 14.9 Å². The minimum atomic E-state index is -0.436. The van der Waals surface area contributed by atoms with Gasteiger partial charge in [0.2, 0.25) is 5.72 Å². The predicted molar refractivity (Wildman–Crippen MR) is 81.4 cm³/mol. The highest BCUT2D eigenvalue weighted by Crippen LogP contribution is 2.52. The summed E-state index contributed by atoms with van der Waals surface area (Å²) in [5.41, 5.74) is 0.670. The Morgan fingerprint density at radius 1 is 1.24 bits per heavy atom. The van der Waals surface area contributed by atoms with Gasteiger partial charge in [-0.05, 0) is 63.0 Å². The van der Waals surface area contributed by atoms with Gasteiger partial charge in [0, 0.05) is 11.6 Å². The maximum absolute atomic E-state index is 5.71. The summed E-state index contributed by atoms with van der Waals surface area (Å²) >= 11 is 0. The molecule has 5 heteroatoms. The number of hydrogen-bond acceptors (Lipinski definition) is 5. The largest absolute Gasteiger partial charge is 0.497 e. The van der Waals surface area contributed by atoms with E-state index in [1.807, 2.05) is 12.1 Å². The van der Waals surface area contributed by atoms with E-state index in [-0.39, 0.29) is 0 Å². The third-order valence-electron chi connectivity index (χ3n) is 4.85. The van der Waals surface area contributed by atoms with Crippen LogP contribution in [0.5, 0.6) is 5.75 Å². The van der Waals surface area contributed by atoms with Gasteiger partial charge in [0.25, 0.3) is 0 Å². The van der Waals surface area contributed by atoms with Gasteiger partial charge in [0.15, 0.2) is 5.84 Å². The smallest absolute Gasteiger partial charge is 0.209 e. The van der Waals surface area contributed by atoms with Crippen molar-refractivity contribution in [2.75, 3.05) is 25.1 Å². The molecule has 1 aromatic carbocycles. The quantitative estimate of drug-likeness (QED) is 0.924. The summed E-state index contributed by atoms with van der Waals surface area (Å²) in [6.07, 6.45) is 0. The molecule has 2 heterocycles. The zero-order valence-electron chi connectivity index (χ0n) is 12.7. The molecule has 5 nitrogen and oxygen atoms in total. The summed E-state index contributed by atoms with van der Waals surface area (Å²) in [7, 11) is 1.68. The third kappa shape index (κ3) is 1.91. The second-order valence-corrected chi connectivity index (χ2v) is 6.53. The first-order valence-electron chi connectivity index (χ1n) is 7.53. The van der Waals surface area contributed by atoms with Crippen molar-refractivity contribution < 1.29 is 9.57 Å². The van der Waals surface area contributed by atoms with Crippen LogP contribution in [0.25, 0.3) is 0 Å². The van der Waals surface area contributed by atoms with E-state index in [0.717, 1.165) is 42.2 Å². The molecule has 1 aromatic rings. The lowest BCUT2D eigenvalue weighted by Gasteiger charge is -2.31. The van der Waals surface area contributed by atoms with Crippen LogP contribution in [0.3, 0.4) is 0 Å². The van der Waals surface area contributed by atoms with Crippen molar-refractivity contribution in [1.82, 2.24) is 5.32 Å². The van der Waals surface area contributed by atoms with Gasteiger partial charge in [-0.3, -0.25) is 4.90 Å². The Labute approximate surface area is 124 Å². The number of nitrogens with zero attached hydrogens (tertiary/aromatic N) is 2. The van der Waals surface area contributed by atoms with E-state index in [1.54, 1.807) is 7.11 Å². The topological polar surface area (TPSA) is 46.1 Å². The van der Waals surface area contributed by atoms with E-state index in [0.29, 0.717) is 5.92 Å². The summed E-state index contributed by atoms with van der Waals surface area (Å²) in [5, 5.41) is 7.85. The SMILES string of the molecule is COc1ccc(N2C(C3[C@H]4CNC[C@@H]34)=NOC2(C)C)cc1. The molecule has 1 saturated heterocycles. The Kier molecular flexibility index (Phi) is 2.70. The van der Waals surface area contributed by atoms with Crippen molar-refractivity contribution in [1.29, 1.82) is 0 Å². The number of benzene rings is 1. The van der Waals surface area contributed by atoms with E-state index < -0.39 is 5.72 Å². The van der Waals surface area contributed by atoms with E-state index >= 15 is 0 Å². The highest BCUT2D eigenvalue weighted by atomic mass is 16.7. The second-order valence-electron chi connectivity index (χ2n) is 6.53. The molecule has 2 aliphatic heterocycles. The van der Waals surface area contributed by atoms with Crippen LogP contribution in [-0.4, -0.2) is 31.8 Å². The zero-order valence-corrected chi connectivity index (χ0v) is 12.7. The fourth-order valence-electron chi connectivity index (χ4n) is 3.70. The molecule has 0 radical (unpaired) electrons. The lowest BCUT2D eigenvalue weighted by atomic mass is 10.1. The van der Waals surface area contributed by atoms with Crippen molar-refractivity contribution in [2.24, 2.45) is 22.9 Å². The number of rotatable bonds is 3. The second kappa shape index (κ2) is 4.37. The Balaban J connectivity index is 1.64. The van der Waals surface area contributed by atoms with Gasteiger partial charge in [-0.25, -0.2) is 0 Å². The Morgan fingerprint density at radius 2 is 1.90 bits per heavy atom. The minimum Gasteiger partial charge on any atom is -0.497 e. The van der Waals surface area contributed by atoms with Crippen molar-refractivity contribution in [3.05, 3.63) is 24.3 Å². The highest BCUT2D eigenvalue weighted by Gasteiger charge is 2.59. The molecule has 0 bridgehead atoms. The molecule has 3 atom stereocenters. The lowest BCUT2D eigenvalue weighted by Crippen LogP contribution is -2.45. The molecule has 0 amide bonds. The number of nitrogens with one attached hydrogen (secondary N) is 1. The van der Waals surface area contributed by atoms with Crippen LogP contribution in [-0.2, 0) is 4.84 Å². The molecule has 1 aliphatic carbocycles. The van der Waals surface area contributed by atoms with Crippen molar-refractivity contribution in [3.8, 4) is 5.75 Å². The molecular weight excluding hydrogens is 266 g/mol. The standard InChI is InChI=1S/C16H21N3O2/c1-16(2)19(10-4-6-11(20-3)7-5-10)15(18-21-16)14-12-8-17-9-13(12)14/h4-7,12-14,17H,8-9H2,1-3H3/t12-,13+,14?. The number of amidine groups is 1. The van der Waals surface area contributed by atoms with Crippen LogP contribution in [0.1, 0.15) is 13.8 Å². The summed E-state index contributed by atoms with van der Waals surface area (Å²) in [6, 6.07) is 8.11. The summed E-state index contributed by atoms with van der Waals surface area (Å²) in [5.74, 6) is 3.93. The van der Waals surface area contributed by atoms with Crippen LogP contribution >= 0.6 is 0 Å². The predicted octanol–water partition coefficient (Wildman–Crippen LogP) is 2.05. The fourth-order valence-corrected chi connectivity index (χ4v) is 3.70. The van der Waals surface area contributed by atoms with Crippen molar-refractivity contribution >= 4 is 11.5 Å². The molecular formula is C16H21N3O2. The molecule has 112 valence electrons. The molecule has 0 spiro atoms. The summed E-state index contributed by atoms with van der Waals surface area (Å²) < 4.78 is 5.24. The first kappa shape index (κ1) is 13.0. The first-order valence-corrected chi connectivity index (χ1v) is 7.53. The Morgan fingerprint density at radius 3 is 2.52 bits per heavy atom. The van der Waals surface area contributed by atoms with Crippen LogP contribution in [0.4, 0.5) is 5.69 Å². The lowest BCUT2D eigenvalue weighted by molar-refractivity contribution is 0.0138. The van der Waals surface area contributed by atoms with Crippen molar-refractivity contribution in [3.63, 3.8) is 0 Å². The Bertz CT molecular complexity index is 572. The third-order valence-corrected chi connectivity index (χ3v) is 4.85. The number of fused-ring (bicyclic) bond motifs is 1. The number of methoxy groups -OCH3 is 1. The molecule has 21 heavy (non-hydrogen) atoms. The minimum absolute atomic E-state index is 0.436. The zero-order chi connectivity index (χ0) is 14.6. The van der Waals surface area contributed by atoms with Gasteiger partial charge in [0.1, 0.15) is 5.75 Å². The molecule has 2 fully saturated rings. The van der Waals surface area contributed by atoms with E-state index in [4.69, 9.17) is 9.57 Å². The fraction of sp³-hybridized carbons (Fsp3) is 0.562. The number of hydrogen-bond donors (Lipinski definition) is 1. The molecule has 0 aromatic heterocycles. The Hall–Kier alpha value is -1.75. The van der Waals surface area contributed by atoms with Gasteiger partial charge >= 0.3 is 0 Å². The number of ether oxygens (including phenoxy) is 1. The van der Waals surface area contributed by atoms with E-state index in [9.17, 15) is 0 Å². The van der Waals surface area contributed by atoms with Crippen LogP contribution in [0.15, 0.2) is 29.4 Å². The van der Waals surface area contributed by atoms with Crippen molar-refractivity contribution in [2.45, 2.75) is 19.6 Å². The molecule has 3 aliphatic rings. The summed E-state index contributed by atoms with van der Waals surface area (Å²) in [6.45, 7) is 6.32. The maximum Gasteiger partial charge on any atom is 0.209 e. The molecule has 1 unspecified atom stereocenters. The normalized spacial score (nSPS) is 32.4. The van der Waals surface area contributed by atoms with Crippen LogP contribution < -0.4 is 15.0 Å². The number of piperidine rings is 1. The maximum atomic E-state index is 5.71. The average molecular weight is 287 g/mol.